The maximum absolute atomic E-state index is 13.8. The van der Waals surface area contributed by atoms with Gasteiger partial charge in [0.25, 0.3) is 0 Å². The number of rotatable bonds is 3. The van der Waals surface area contributed by atoms with Crippen LogP contribution in [-0.4, -0.2) is 40.6 Å². The zero-order chi connectivity index (χ0) is 13.5. The molecule has 2 fully saturated rings. The van der Waals surface area contributed by atoms with Gasteiger partial charge in [-0.15, -0.1) is 0 Å². The minimum Gasteiger partial charge on any atom is -0.479 e. The van der Waals surface area contributed by atoms with Gasteiger partial charge in [-0.1, -0.05) is 12.1 Å². The zero-order valence-corrected chi connectivity index (χ0v) is 10.6. The van der Waals surface area contributed by atoms with Gasteiger partial charge in [-0.05, 0) is 37.9 Å². The highest BCUT2D eigenvalue weighted by Crippen LogP contribution is 2.39. The van der Waals surface area contributed by atoms with Gasteiger partial charge in [0.1, 0.15) is 5.82 Å². The number of carboxylic acids is 1. The molecule has 2 aliphatic rings. The molecule has 2 unspecified atom stereocenters. The second kappa shape index (κ2) is 4.49. The van der Waals surface area contributed by atoms with Crippen molar-refractivity contribution in [3.8, 4) is 0 Å². The Morgan fingerprint density at radius 3 is 2.95 bits per heavy atom. The van der Waals surface area contributed by atoms with Gasteiger partial charge in [0.05, 0.1) is 5.69 Å². The van der Waals surface area contributed by atoms with E-state index < -0.39 is 17.3 Å². The second-order valence-electron chi connectivity index (χ2n) is 5.33. The zero-order valence-electron chi connectivity index (χ0n) is 10.6. The van der Waals surface area contributed by atoms with Crippen LogP contribution in [0.3, 0.4) is 0 Å². The highest BCUT2D eigenvalue weighted by atomic mass is 19.1. The molecule has 1 aromatic rings. The summed E-state index contributed by atoms with van der Waals surface area (Å²) < 4.78 is 13.8. The number of hydrogen-bond donors (Lipinski definition) is 2. The number of fused-ring (bicyclic) bond motifs is 1. The summed E-state index contributed by atoms with van der Waals surface area (Å²) in [7, 11) is 0. The molecular weight excluding hydrogens is 247 g/mol. The Bertz CT molecular complexity index is 508. The summed E-state index contributed by atoms with van der Waals surface area (Å²) in [5, 5.41) is 12.6. The Labute approximate surface area is 111 Å². The fourth-order valence-corrected chi connectivity index (χ4v) is 3.39. The quantitative estimate of drug-likeness (QED) is 0.876. The second-order valence-corrected chi connectivity index (χ2v) is 5.33. The highest BCUT2D eigenvalue weighted by Gasteiger charge is 2.54. The number of anilines is 1. The average molecular weight is 264 g/mol. The molecule has 2 N–H and O–H groups in total. The van der Waals surface area contributed by atoms with Crippen molar-refractivity contribution in [2.75, 3.05) is 18.4 Å². The number of para-hydroxylation sites is 1. The molecule has 2 saturated heterocycles. The number of aliphatic carboxylic acids is 1. The fourth-order valence-electron chi connectivity index (χ4n) is 3.39. The Balaban J connectivity index is 1.94. The summed E-state index contributed by atoms with van der Waals surface area (Å²) in [5.74, 6) is -1.29. The van der Waals surface area contributed by atoms with Crippen molar-refractivity contribution in [2.45, 2.75) is 30.8 Å². The minimum atomic E-state index is -1.06. The summed E-state index contributed by atoms with van der Waals surface area (Å²) in [6.45, 7) is 1.71. The molecule has 0 saturated carbocycles. The Morgan fingerprint density at radius 2 is 2.21 bits per heavy atom. The molecule has 0 radical (unpaired) electrons. The third kappa shape index (κ3) is 1.89. The third-order valence-corrected chi connectivity index (χ3v) is 4.34. The molecule has 0 aromatic heterocycles. The predicted octanol–water partition coefficient (Wildman–Crippen LogP) is 1.93. The molecule has 0 amide bonds. The van der Waals surface area contributed by atoms with E-state index in [-0.39, 0.29) is 11.7 Å². The van der Waals surface area contributed by atoms with Gasteiger partial charge < -0.3 is 10.4 Å². The molecule has 0 bridgehead atoms. The Morgan fingerprint density at radius 1 is 1.42 bits per heavy atom. The first-order chi connectivity index (χ1) is 9.13. The maximum Gasteiger partial charge on any atom is 0.331 e. The van der Waals surface area contributed by atoms with E-state index in [1.807, 2.05) is 0 Å². The van der Waals surface area contributed by atoms with Crippen LogP contribution in [0.15, 0.2) is 24.3 Å². The van der Waals surface area contributed by atoms with Crippen molar-refractivity contribution < 1.29 is 14.3 Å². The average Bonchev–Trinajstić information content (AvgIpc) is 2.96. The highest BCUT2D eigenvalue weighted by molar-refractivity contribution is 5.84. The number of hydrogen-bond acceptors (Lipinski definition) is 3. The molecule has 1 aromatic carbocycles. The van der Waals surface area contributed by atoms with E-state index in [9.17, 15) is 14.3 Å². The summed E-state index contributed by atoms with van der Waals surface area (Å²) in [5.41, 5.74) is -0.780. The number of carbonyl (C=O) groups is 1. The number of nitrogens with one attached hydrogen (secondary N) is 1. The lowest BCUT2D eigenvalue weighted by molar-refractivity contribution is -0.143. The van der Waals surface area contributed by atoms with Gasteiger partial charge in [0.15, 0.2) is 5.54 Å². The lowest BCUT2D eigenvalue weighted by Gasteiger charge is -2.33. The molecule has 2 atom stereocenters. The summed E-state index contributed by atoms with van der Waals surface area (Å²) >= 11 is 0. The standard InChI is InChI=1S/C14H17FN2O2/c15-10-4-1-2-5-11(10)16-14(13(18)19)7-9-17-8-3-6-12(14)17/h1-2,4-5,12,16H,3,6-9H2,(H,18,19). The van der Waals surface area contributed by atoms with E-state index in [1.54, 1.807) is 18.2 Å². The van der Waals surface area contributed by atoms with Crippen molar-refractivity contribution in [1.82, 2.24) is 4.90 Å². The molecule has 4 nitrogen and oxygen atoms in total. The van der Waals surface area contributed by atoms with Crippen LogP contribution in [0, 0.1) is 5.82 Å². The van der Waals surface area contributed by atoms with Crippen LogP contribution in [0.25, 0.3) is 0 Å². The number of nitrogens with zero attached hydrogens (tertiary/aromatic N) is 1. The SMILES string of the molecule is O=C(O)C1(Nc2ccccc2F)CCN2CCCC21. The van der Waals surface area contributed by atoms with E-state index >= 15 is 0 Å². The van der Waals surface area contributed by atoms with Gasteiger partial charge in [0, 0.05) is 12.6 Å². The molecule has 0 aliphatic carbocycles. The third-order valence-electron chi connectivity index (χ3n) is 4.34. The molecule has 102 valence electrons. The van der Waals surface area contributed by atoms with Crippen LogP contribution in [0.2, 0.25) is 0 Å². The Kier molecular flexibility index (Phi) is 2.93. The van der Waals surface area contributed by atoms with Crippen LogP contribution in [-0.2, 0) is 4.79 Å². The summed E-state index contributed by atoms with van der Waals surface area (Å²) in [6.07, 6.45) is 2.38. The van der Waals surface area contributed by atoms with E-state index in [1.165, 1.54) is 6.07 Å². The van der Waals surface area contributed by atoms with Gasteiger partial charge in [0.2, 0.25) is 0 Å². The normalized spacial score (nSPS) is 30.3. The maximum atomic E-state index is 13.8. The van der Waals surface area contributed by atoms with Gasteiger partial charge in [-0.3, -0.25) is 4.90 Å². The fraction of sp³-hybridized carbons (Fsp3) is 0.500. The van der Waals surface area contributed by atoms with Crippen molar-refractivity contribution >= 4 is 11.7 Å². The lowest BCUT2D eigenvalue weighted by Crippen LogP contribution is -2.54. The van der Waals surface area contributed by atoms with Crippen molar-refractivity contribution in [2.24, 2.45) is 0 Å². The molecule has 19 heavy (non-hydrogen) atoms. The van der Waals surface area contributed by atoms with Crippen LogP contribution in [0.5, 0.6) is 0 Å². The monoisotopic (exact) mass is 264 g/mol. The molecule has 3 rings (SSSR count). The van der Waals surface area contributed by atoms with E-state index in [0.717, 1.165) is 25.9 Å². The van der Waals surface area contributed by atoms with Crippen molar-refractivity contribution in [3.05, 3.63) is 30.1 Å². The summed E-state index contributed by atoms with van der Waals surface area (Å²) in [4.78, 5) is 14.0. The lowest BCUT2D eigenvalue weighted by atomic mass is 9.88. The molecular formula is C14H17FN2O2. The number of halogens is 1. The number of carboxylic acid groups (broad SMARTS) is 1. The molecule has 0 spiro atoms. The van der Waals surface area contributed by atoms with Crippen LogP contribution >= 0.6 is 0 Å². The van der Waals surface area contributed by atoms with Gasteiger partial charge in [-0.25, -0.2) is 9.18 Å². The minimum absolute atomic E-state index is 0.0374. The van der Waals surface area contributed by atoms with Gasteiger partial charge in [-0.2, -0.15) is 0 Å². The largest absolute Gasteiger partial charge is 0.479 e. The van der Waals surface area contributed by atoms with Crippen molar-refractivity contribution in [3.63, 3.8) is 0 Å². The van der Waals surface area contributed by atoms with Gasteiger partial charge >= 0.3 is 5.97 Å². The van der Waals surface area contributed by atoms with Crippen molar-refractivity contribution in [1.29, 1.82) is 0 Å². The van der Waals surface area contributed by atoms with E-state index in [0.29, 0.717) is 6.42 Å². The smallest absolute Gasteiger partial charge is 0.331 e. The molecule has 2 heterocycles. The van der Waals surface area contributed by atoms with Crippen LogP contribution < -0.4 is 5.32 Å². The number of benzene rings is 1. The molecule has 2 aliphatic heterocycles. The first kappa shape index (κ1) is 12.4. The van der Waals surface area contributed by atoms with E-state index in [2.05, 4.69) is 10.2 Å². The molecule has 5 heteroatoms. The first-order valence-corrected chi connectivity index (χ1v) is 6.64. The van der Waals surface area contributed by atoms with Crippen LogP contribution in [0.4, 0.5) is 10.1 Å². The van der Waals surface area contributed by atoms with Crippen LogP contribution in [0.1, 0.15) is 19.3 Å². The summed E-state index contributed by atoms with van der Waals surface area (Å²) in [6, 6.07) is 6.22. The first-order valence-electron chi connectivity index (χ1n) is 6.64. The van der Waals surface area contributed by atoms with E-state index in [4.69, 9.17) is 0 Å². The Hall–Kier alpha value is -1.62. The topological polar surface area (TPSA) is 52.6 Å². The predicted molar refractivity (Wildman–Crippen MR) is 69.6 cm³/mol.